The van der Waals surface area contributed by atoms with Crippen molar-refractivity contribution >= 4 is 21.6 Å². The van der Waals surface area contributed by atoms with Crippen LogP contribution in [-0.4, -0.2) is 49.8 Å². The zero-order valence-corrected chi connectivity index (χ0v) is 31.4. The highest BCUT2D eigenvalue weighted by Crippen LogP contribution is 2.45. The van der Waals surface area contributed by atoms with Gasteiger partial charge in [0.05, 0.1) is 23.3 Å². The Balaban J connectivity index is 1.19. The largest absolute Gasteiger partial charge is 0.494 e. The topological polar surface area (TPSA) is 126 Å². The number of aliphatic imine (C=N–C) groups is 1. The molecule has 3 N–H and O–H groups in total. The highest BCUT2D eigenvalue weighted by molar-refractivity contribution is 7.91. The SMILES string of the molecule is O=C(NNC1c2ccccc2-c2ccccc21)[C@@]1(CCS(=O)(=O)c2ccccc2)N=C(c2ccc(OCCCO)cc2)O[C@H]1c1ccc(-c2ccccc2)cc1. The third-order valence-electron chi connectivity index (χ3n) is 10.4. The number of rotatable bonds is 14. The van der Waals surface area contributed by atoms with Crippen molar-refractivity contribution in [1.82, 2.24) is 10.9 Å². The second kappa shape index (κ2) is 16.0. The van der Waals surface area contributed by atoms with Crippen LogP contribution in [0.25, 0.3) is 22.3 Å². The van der Waals surface area contributed by atoms with E-state index in [0.29, 0.717) is 29.9 Å². The zero-order valence-electron chi connectivity index (χ0n) is 30.5. The van der Waals surface area contributed by atoms with Crippen molar-refractivity contribution in [3.63, 3.8) is 0 Å². The molecule has 0 fully saturated rings. The monoisotopic (exact) mass is 763 g/mol. The Morgan fingerprint density at radius 3 is 1.93 bits per heavy atom. The third-order valence-corrected chi connectivity index (χ3v) is 12.1. The van der Waals surface area contributed by atoms with Crippen LogP contribution in [0.15, 0.2) is 168 Å². The maximum Gasteiger partial charge on any atom is 0.266 e. The highest BCUT2D eigenvalue weighted by atomic mass is 32.2. The van der Waals surface area contributed by atoms with Crippen LogP contribution < -0.4 is 15.6 Å². The summed E-state index contributed by atoms with van der Waals surface area (Å²) in [6.45, 7) is 0.381. The molecule has 10 heteroatoms. The second-order valence-electron chi connectivity index (χ2n) is 13.9. The number of carbonyl (C=O) groups is 1. The molecule has 0 saturated heterocycles. The number of hydrazine groups is 1. The molecule has 6 aromatic carbocycles. The van der Waals surface area contributed by atoms with Crippen molar-refractivity contribution in [2.24, 2.45) is 4.99 Å². The fraction of sp³-hybridized carbons (Fsp3) is 0.174. The van der Waals surface area contributed by atoms with E-state index in [2.05, 4.69) is 23.0 Å². The smallest absolute Gasteiger partial charge is 0.266 e. The van der Waals surface area contributed by atoms with Crippen LogP contribution in [0.4, 0.5) is 0 Å². The third kappa shape index (κ3) is 7.34. The minimum absolute atomic E-state index is 0.0230. The van der Waals surface area contributed by atoms with Crippen molar-refractivity contribution in [3.8, 4) is 28.0 Å². The average Bonchev–Trinajstić information content (AvgIpc) is 3.80. The molecule has 1 heterocycles. The first-order valence-corrected chi connectivity index (χ1v) is 20.3. The first-order valence-electron chi connectivity index (χ1n) is 18.6. The Morgan fingerprint density at radius 1 is 0.714 bits per heavy atom. The Kier molecular flexibility index (Phi) is 10.5. The van der Waals surface area contributed by atoms with Crippen LogP contribution >= 0.6 is 0 Å². The Morgan fingerprint density at radius 2 is 1.29 bits per heavy atom. The van der Waals surface area contributed by atoms with Gasteiger partial charge in [-0.2, -0.15) is 0 Å². The number of nitrogens with one attached hydrogen (secondary N) is 2. The molecule has 2 atom stereocenters. The summed E-state index contributed by atoms with van der Waals surface area (Å²) in [5, 5.41) is 9.18. The second-order valence-corrected chi connectivity index (χ2v) is 16.0. The van der Waals surface area contributed by atoms with E-state index in [9.17, 15) is 13.5 Å². The number of aliphatic hydroxyl groups is 1. The van der Waals surface area contributed by atoms with Gasteiger partial charge in [0.2, 0.25) is 5.90 Å². The molecule has 1 aliphatic heterocycles. The van der Waals surface area contributed by atoms with Crippen molar-refractivity contribution in [2.75, 3.05) is 19.0 Å². The average molecular weight is 764 g/mol. The lowest BCUT2D eigenvalue weighted by Crippen LogP contribution is -2.54. The van der Waals surface area contributed by atoms with Crippen LogP contribution in [0.5, 0.6) is 5.75 Å². The number of nitrogens with zero attached hydrogens (tertiary/aromatic N) is 1. The number of amides is 1. The molecule has 56 heavy (non-hydrogen) atoms. The number of hydrogen-bond donors (Lipinski definition) is 3. The summed E-state index contributed by atoms with van der Waals surface area (Å²) in [5.74, 6) is -0.0877. The number of benzene rings is 6. The molecule has 0 unspecified atom stereocenters. The molecule has 8 rings (SSSR count). The fourth-order valence-corrected chi connectivity index (χ4v) is 8.83. The molecule has 9 nitrogen and oxygen atoms in total. The van der Waals surface area contributed by atoms with Gasteiger partial charge in [0.25, 0.3) is 5.91 Å². The normalized spacial score (nSPS) is 17.4. The van der Waals surface area contributed by atoms with Gasteiger partial charge >= 0.3 is 0 Å². The van der Waals surface area contributed by atoms with E-state index in [-0.39, 0.29) is 35.6 Å². The van der Waals surface area contributed by atoms with Crippen LogP contribution in [0.3, 0.4) is 0 Å². The van der Waals surface area contributed by atoms with Crippen molar-refractivity contribution < 1.29 is 27.8 Å². The van der Waals surface area contributed by atoms with Gasteiger partial charge in [-0.15, -0.1) is 0 Å². The van der Waals surface area contributed by atoms with E-state index < -0.39 is 27.4 Å². The van der Waals surface area contributed by atoms with Crippen LogP contribution in [0.1, 0.15) is 47.2 Å². The van der Waals surface area contributed by atoms with Gasteiger partial charge in [-0.05, 0) is 75.3 Å². The predicted molar refractivity (Wildman–Crippen MR) is 217 cm³/mol. The first-order chi connectivity index (χ1) is 27.4. The highest BCUT2D eigenvalue weighted by Gasteiger charge is 2.54. The maximum absolute atomic E-state index is 15.1. The van der Waals surface area contributed by atoms with Crippen molar-refractivity contribution in [1.29, 1.82) is 0 Å². The Hall–Kier alpha value is -6.07. The Labute approximate surface area is 326 Å². The predicted octanol–water partition coefficient (Wildman–Crippen LogP) is 7.63. The molecule has 282 valence electrons. The maximum atomic E-state index is 15.1. The molecular weight excluding hydrogens is 723 g/mol. The molecule has 0 aromatic heterocycles. The Bertz CT molecular complexity index is 2410. The summed E-state index contributed by atoms with van der Waals surface area (Å²) in [5.41, 5.74) is 12.0. The molecule has 1 amide bonds. The number of carbonyl (C=O) groups excluding carboxylic acids is 1. The van der Waals surface area contributed by atoms with Gasteiger partial charge in [0.1, 0.15) is 5.75 Å². The molecular formula is C46H41N3O6S. The van der Waals surface area contributed by atoms with E-state index >= 15 is 4.79 Å². The van der Waals surface area contributed by atoms with E-state index in [1.54, 1.807) is 54.6 Å². The summed E-state index contributed by atoms with van der Waals surface area (Å²) in [6.07, 6.45) is -0.663. The molecule has 6 aromatic rings. The molecule has 1 aliphatic carbocycles. The lowest BCUT2D eigenvalue weighted by Gasteiger charge is -2.31. The van der Waals surface area contributed by atoms with Gasteiger partial charge in [-0.25, -0.2) is 18.8 Å². The van der Waals surface area contributed by atoms with Crippen molar-refractivity contribution in [2.45, 2.75) is 35.4 Å². The molecule has 0 saturated carbocycles. The van der Waals surface area contributed by atoms with Crippen LogP contribution in [0.2, 0.25) is 0 Å². The number of aliphatic hydroxyl groups excluding tert-OH is 1. The van der Waals surface area contributed by atoms with Gasteiger partial charge in [0.15, 0.2) is 21.5 Å². The number of sulfone groups is 1. The number of ether oxygens (including phenoxy) is 2. The van der Waals surface area contributed by atoms with E-state index in [0.717, 1.165) is 33.4 Å². The van der Waals surface area contributed by atoms with E-state index in [1.807, 2.05) is 91.0 Å². The fourth-order valence-electron chi connectivity index (χ4n) is 7.44. The summed E-state index contributed by atoms with van der Waals surface area (Å²) >= 11 is 0. The summed E-state index contributed by atoms with van der Waals surface area (Å²) in [7, 11) is -3.84. The zero-order chi connectivity index (χ0) is 38.5. The minimum Gasteiger partial charge on any atom is -0.494 e. The van der Waals surface area contributed by atoms with E-state index in [4.69, 9.17) is 14.5 Å². The van der Waals surface area contributed by atoms with E-state index in [1.165, 1.54) is 0 Å². The molecule has 2 aliphatic rings. The summed E-state index contributed by atoms with van der Waals surface area (Å²) in [4.78, 5) is 20.3. The van der Waals surface area contributed by atoms with Gasteiger partial charge in [0, 0.05) is 25.0 Å². The molecule has 0 radical (unpaired) electrons. The lowest BCUT2D eigenvalue weighted by atomic mass is 9.84. The quantitative estimate of drug-likeness (QED) is 0.0770. The molecule has 0 spiro atoms. The van der Waals surface area contributed by atoms with Crippen LogP contribution in [0, 0.1) is 0 Å². The molecule has 0 bridgehead atoms. The minimum atomic E-state index is -3.84. The van der Waals surface area contributed by atoms with Gasteiger partial charge in [-0.1, -0.05) is 121 Å². The summed E-state index contributed by atoms with van der Waals surface area (Å²) in [6, 6.07) is 48.9. The van der Waals surface area contributed by atoms with Gasteiger partial charge in [-0.3, -0.25) is 10.2 Å². The van der Waals surface area contributed by atoms with Crippen LogP contribution in [-0.2, 0) is 19.4 Å². The number of fused-ring (bicyclic) bond motifs is 3. The van der Waals surface area contributed by atoms with Crippen molar-refractivity contribution in [3.05, 3.63) is 180 Å². The first kappa shape index (κ1) is 36.9. The van der Waals surface area contributed by atoms with Gasteiger partial charge < -0.3 is 14.6 Å². The lowest BCUT2D eigenvalue weighted by molar-refractivity contribution is -0.130. The number of hydrogen-bond acceptors (Lipinski definition) is 8. The standard InChI is InChI=1S/C46H41N3O6S/c50-29-11-30-54-36-26-24-35(25-27-36)44-47-46(28-31-56(52,53)37-14-5-2-6-15-37,43(55-44)34-22-20-33(21-23-34)32-12-3-1-4-13-32)45(51)49-48-42-40-18-9-7-16-38(40)39-17-8-10-19-41(39)42/h1-10,12-27,42-43,48,50H,11,28-31H2,(H,49,51)/t43-,46-/m0/s1. The summed E-state index contributed by atoms with van der Waals surface area (Å²) < 4.78 is 40.2.